The predicted molar refractivity (Wildman–Crippen MR) is 89.1 cm³/mol. The van der Waals surface area contributed by atoms with Crippen molar-refractivity contribution in [3.63, 3.8) is 0 Å². The third-order valence-corrected chi connectivity index (χ3v) is 3.86. The van der Waals surface area contributed by atoms with Crippen LogP contribution in [0.4, 0.5) is 0 Å². The number of rotatable bonds is 3. The smallest absolute Gasteiger partial charge is 0.182 e. The van der Waals surface area contributed by atoms with Gasteiger partial charge in [-0.25, -0.2) is 0 Å². The SMILES string of the molecule is CCOc1cccc2c1[nH]c(=S)n2-c1ccc(C)cc1C. The van der Waals surface area contributed by atoms with E-state index in [1.54, 1.807) is 0 Å². The third-order valence-electron chi connectivity index (χ3n) is 3.57. The number of hydrogen-bond acceptors (Lipinski definition) is 2. The van der Waals surface area contributed by atoms with Gasteiger partial charge in [-0.3, -0.25) is 4.57 Å². The van der Waals surface area contributed by atoms with Gasteiger partial charge in [0.1, 0.15) is 11.3 Å². The van der Waals surface area contributed by atoms with Gasteiger partial charge in [0.15, 0.2) is 4.77 Å². The van der Waals surface area contributed by atoms with Crippen molar-refractivity contribution < 1.29 is 4.74 Å². The molecule has 4 heteroatoms. The maximum atomic E-state index is 5.68. The van der Waals surface area contributed by atoms with Gasteiger partial charge in [-0.2, -0.15) is 0 Å². The van der Waals surface area contributed by atoms with Gasteiger partial charge in [-0.1, -0.05) is 23.8 Å². The first-order chi connectivity index (χ1) is 10.1. The second-order valence-corrected chi connectivity index (χ2v) is 5.53. The molecule has 0 spiro atoms. The molecule has 0 aliphatic heterocycles. The highest BCUT2D eigenvalue weighted by Crippen LogP contribution is 2.28. The van der Waals surface area contributed by atoms with Gasteiger partial charge < -0.3 is 9.72 Å². The van der Waals surface area contributed by atoms with E-state index in [2.05, 4.69) is 47.7 Å². The fraction of sp³-hybridized carbons (Fsp3) is 0.235. The van der Waals surface area contributed by atoms with Gasteiger partial charge in [0.2, 0.25) is 0 Å². The highest BCUT2D eigenvalue weighted by atomic mass is 32.1. The molecule has 1 heterocycles. The van der Waals surface area contributed by atoms with Crippen LogP contribution >= 0.6 is 12.2 Å². The Morgan fingerprint density at radius 1 is 1.19 bits per heavy atom. The van der Waals surface area contributed by atoms with Crippen LogP contribution in [0.25, 0.3) is 16.7 Å². The van der Waals surface area contributed by atoms with Crippen molar-refractivity contribution in [3.8, 4) is 11.4 Å². The molecular weight excluding hydrogens is 280 g/mol. The number of aromatic nitrogens is 2. The molecule has 0 bridgehead atoms. The lowest BCUT2D eigenvalue weighted by Gasteiger charge is -2.10. The summed E-state index contributed by atoms with van der Waals surface area (Å²) in [5.41, 5.74) is 5.54. The average Bonchev–Trinajstić information content (AvgIpc) is 2.77. The first kappa shape index (κ1) is 13.9. The number of fused-ring (bicyclic) bond motifs is 1. The number of nitrogens with one attached hydrogen (secondary N) is 1. The monoisotopic (exact) mass is 298 g/mol. The molecule has 0 amide bonds. The summed E-state index contributed by atoms with van der Waals surface area (Å²) in [5.74, 6) is 0.838. The minimum absolute atomic E-state index is 0.633. The van der Waals surface area contributed by atoms with Crippen LogP contribution in [0.1, 0.15) is 18.1 Å². The minimum atomic E-state index is 0.633. The standard InChI is InChI=1S/C17H18N2OS/c1-4-20-15-7-5-6-14-16(15)18-17(21)19(14)13-9-8-11(2)10-12(13)3/h5-10H,4H2,1-3H3,(H,18,21). The van der Waals surface area contributed by atoms with Gasteiger partial charge in [0, 0.05) is 0 Å². The lowest BCUT2D eigenvalue weighted by atomic mass is 10.1. The molecule has 0 aliphatic carbocycles. The first-order valence-electron chi connectivity index (χ1n) is 7.06. The molecule has 3 rings (SSSR count). The van der Waals surface area contributed by atoms with Crippen molar-refractivity contribution >= 4 is 23.3 Å². The highest BCUT2D eigenvalue weighted by molar-refractivity contribution is 7.71. The van der Waals surface area contributed by atoms with Gasteiger partial charge in [-0.05, 0) is 56.8 Å². The average molecular weight is 298 g/mol. The predicted octanol–water partition coefficient (Wildman–Crippen LogP) is 4.70. The Hall–Kier alpha value is -2.07. The number of aryl methyl sites for hydroxylation is 2. The summed E-state index contributed by atoms with van der Waals surface area (Å²) in [7, 11) is 0. The molecule has 3 nitrogen and oxygen atoms in total. The fourth-order valence-corrected chi connectivity index (χ4v) is 2.97. The molecule has 0 radical (unpaired) electrons. The highest BCUT2D eigenvalue weighted by Gasteiger charge is 2.12. The molecule has 3 aromatic rings. The van der Waals surface area contributed by atoms with Crippen LogP contribution in [-0.2, 0) is 0 Å². The number of imidazole rings is 1. The van der Waals surface area contributed by atoms with Crippen molar-refractivity contribution in [3.05, 3.63) is 52.3 Å². The van der Waals surface area contributed by atoms with Crippen molar-refractivity contribution in [2.75, 3.05) is 6.61 Å². The number of nitrogens with zero attached hydrogens (tertiary/aromatic N) is 1. The molecule has 21 heavy (non-hydrogen) atoms. The van der Waals surface area contributed by atoms with Crippen LogP contribution in [0, 0.1) is 18.6 Å². The third kappa shape index (κ3) is 2.36. The van der Waals surface area contributed by atoms with E-state index < -0.39 is 0 Å². The van der Waals surface area contributed by atoms with E-state index in [0.29, 0.717) is 11.4 Å². The van der Waals surface area contributed by atoms with Crippen LogP contribution in [-0.4, -0.2) is 16.2 Å². The number of ether oxygens (including phenoxy) is 1. The molecular formula is C17H18N2OS. The minimum Gasteiger partial charge on any atom is -0.492 e. The van der Waals surface area contributed by atoms with E-state index >= 15 is 0 Å². The zero-order chi connectivity index (χ0) is 15.0. The number of aromatic amines is 1. The van der Waals surface area contributed by atoms with Gasteiger partial charge in [0.25, 0.3) is 0 Å². The molecule has 0 unspecified atom stereocenters. The molecule has 108 valence electrons. The summed E-state index contributed by atoms with van der Waals surface area (Å²) in [4.78, 5) is 3.27. The van der Waals surface area contributed by atoms with Crippen LogP contribution in [0.2, 0.25) is 0 Å². The Labute approximate surface area is 129 Å². The molecule has 0 saturated carbocycles. The van der Waals surface area contributed by atoms with Crippen molar-refractivity contribution in [2.45, 2.75) is 20.8 Å². The largest absolute Gasteiger partial charge is 0.492 e. The lowest BCUT2D eigenvalue weighted by molar-refractivity contribution is 0.343. The Morgan fingerprint density at radius 2 is 2.00 bits per heavy atom. The maximum absolute atomic E-state index is 5.68. The first-order valence-corrected chi connectivity index (χ1v) is 7.47. The second kappa shape index (κ2) is 5.37. The lowest BCUT2D eigenvalue weighted by Crippen LogP contribution is -1.97. The van der Waals surface area contributed by atoms with E-state index in [-0.39, 0.29) is 0 Å². The summed E-state index contributed by atoms with van der Waals surface area (Å²) >= 11 is 5.52. The Kier molecular flexibility index (Phi) is 3.55. The summed E-state index contributed by atoms with van der Waals surface area (Å²) < 4.78 is 8.44. The van der Waals surface area contributed by atoms with E-state index in [0.717, 1.165) is 22.5 Å². The summed E-state index contributed by atoms with van der Waals surface area (Å²) in [6, 6.07) is 12.4. The fourth-order valence-electron chi connectivity index (χ4n) is 2.67. The van der Waals surface area contributed by atoms with E-state index in [1.165, 1.54) is 11.1 Å². The topological polar surface area (TPSA) is 29.9 Å². The maximum Gasteiger partial charge on any atom is 0.182 e. The Bertz CT molecular complexity index is 861. The zero-order valence-corrected chi connectivity index (χ0v) is 13.3. The number of hydrogen-bond donors (Lipinski definition) is 1. The number of benzene rings is 2. The van der Waals surface area contributed by atoms with E-state index in [1.807, 2.05) is 19.1 Å². The van der Waals surface area contributed by atoms with Crippen LogP contribution in [0.3, 0.4) is 0 Å². The van der Waals surface area contributed by atoms with Crippen LogP contribution in [0.5, 0.6) is 5.75 Å². The van der Waals surface area contributed by atoms with Crippen LogP contribution in [0.15, 0.2) is 36.4 Å². The van der Waals surface area contributed by atoms with Gasteiger partial charge in [0.05, 0.1) is 17.8 Å². The van der Waals surface area contributed by atoms with E-state index in [4.69, 9.17) is 17.0 Å². The van der Waals surface area contributed by atoms with Gasteiger partial charge >= 0.3 is 0 Å². The van der Waals surface area contributed by atoms with Crippen molar-refractivity contribution in [1.29, 1.82) is 0 Å². The summed E-state index contributed by atoms with van der Waals surface area (Å²) in [6.45, 7) is 6.82. The number of H-pyrrole nitrogens is 1. The summed E-state index contributed by atoms with van der Waals surface area (Å²) in [6.07, 6.45) is 0. The Balaban J connectivity index is 2.30. The molecule has 0 atom stereocenters. The molecule has 0 aliphatic rings. The van der Waals surface area contributed by atoms with Crippen LogP contribution < -0.4 is 4.74 Å². The van der Waals surface area contributed by atoms with Crippen molar-refractivity contribution in [2.24, 2.45) is 0 Å². The molecule has 1 N–H and O–H groups in total. The molecule has 1 aromatic heterocycles. The zero-order valence-electron chi connectivity index (χ0n) is 12.4. The normalized spacial score (nSPS) is 11.0. The molecule has 0 fully saturated rings. The summed E-state index contributed by atoms with van der Waals surface area (Å²) in [5, 5.41) is 0. The number of para-hydroxylation sites is 1. The second-order valence-electron chi connectivity index (χ2n) is 5.14. The Morgan fingerprint density at radius 3 is 2.71 bits per heavy atom. The molecule has 0 saturated heterocycles. The quantitative estimate of drug-likeness (QED) is 0.710. The van der Waals surface area contributed by atoms with E-state index in [9.17, 15) is 0 Å². The molecule has 2 aromatic carbocycles. The van der Waals surface area contributed by atoms with Gasteiger partial charge in [-0.15, -0.1) is 0 Å². The van der Waals surface area contributed by atoms with Crippen molar-refractivity contribution in [1.82, 2.24) is 9.55 Å².